The second-order valence-corrected chi connectivity index (χ2v) is 10.2. The van der Waals surface area contributed by atoms with Crippen LogP contribution in [-0.4, -0.2) is 46.7 Å². The molecule has 0 bridgehead atoms. The molecule has 0 aliphatic heterocycles. The number of ether oxygens (including phenoxy) is 2. The molecule has 36 heavy (non-hydrogen) atoms. The second-order valence-electron chi connectivity index (χ2n) is 8.38. The van der Waals surface area contributed by atoms with Crippen molar-refractivity contribution in [2.75, 3.05) is 13.7 Å². The molecule has 0 aliphatic rings. The predicted molar refractivity (Wildman–Crippen MR) is 135 cm³/mol. The van der Waals surface area contributed by atoms with Gasteiger partial charge in [0.2, 0.25) is 0 Å². The Kier molecular flexibility index (Phi) is 5.68. The number of rotatable bonds is 7. The summed E-state index contributed by atoms with van der Waals surface area (Å²) in [4.78, 5) is 15.5. The average Bonchev–Trinajstić information content (AvgIpc) is 3.40. The largest absolute Gasteiger partial charge is 0.493 e. The maximum absolute atomic E-state index is 13.9. The first-order valence-electron chi connectivity index (χ1n) is 11.0. The number of aryl methyl sites for hydroxylation is 2. The van der Waals surface area contributed by atoms with Crippen molar-refractivity contribution in [3.8, 4) is 22.8 Å². The number of aliphatic carboxylic acids is 1. The van der Waals surface area contributed by atoms with Crippen LogP contribution in [0.15, 0.2) is 71.9 Å². The Labute approximate surface area is 207 Å². The van der Waals surface area contributed by atoms with Crippen LogP contribution >= 0.6 is 0 Å². The fraction of sp³-hybridized carbons (Fsp3) is 0.154. The molecule has 0 fully saturated rings. The van der Waals surface area contributed by atoms with Gasteiger partial charge in [0, 0.05) is 41.8 Å². The summed E-state index contributed by atoms with van der Waals surface area (Å²) in [7, 11) is -0.719. The number of carbonyl (C=O) groups is 1. The van der Waals surface area contributed by atoms with E-state index >= 15 is 0 Å². The van der Waals surface area contributed by atoms with Gasteiger partial charge < -0.3 is 19.1 Å². The zero-order chi connectivity index (χ0) is 25.6. The first kappa shape index (κ1) is 23.4. The van der Waals surface area contributed by atoms with Crippen molar-refractivity contribution in [1.82, 2.24) is 13.5 Å². The van der Waals surface area contributed by atoms with Gasteiger partial charge in [-0.2, -0.15) is 0 Å². The number of hydrogen-bond donors (Lipinski definition) is 1. The molecule has 0 spiro atoms. The minimum Gasteiger partial charge on any atom is -0.493 e. The van der Waals surface area contributed by atoms with Gasteiger partial charge in [-0.1, -0.05) is 17.7 Å². The number of methoxy groups -OCH3 is 1. The zero-order valence-electron chi connectivity index (χ0n) is 19.8. The van der Waals surface area contributed by atoms with Crippen LogP contribution < -0.4 is 9.47 Å². The smallest absolute Gasteiger partial charge is 0.341 e. The van der Waals surface area contributed by atoms with Gasteiger partial charge >= 0.3 is 5.97 Å². The maximum atomic E-state index is 13.9. The molecule has 184 valence electrons. The fourth-order valence-corrected chi connectivity index (χ4v) is 5.74. The molecular weight excluding hydrogens is 482 g/mol. The highest BCUT2D eigenvalue weighted by Crippen LogP contribution is 2.40. The molecule has 3 heterocycles. The second kappa shape index (κ2) is 8.72. The van der Waals surface area contributed by atoms with E-state index in [0.29, 0.717) is 38.9 Å². The third-order valence-electron chi connectivity index (χ3n) is 5.98. The van der Waals surface area contributed by atoms with E-state index in [-0.39, 0.29) is 10.6 Å². The number of aromatic nitrogens is 3. The first-order chi connectivity index (χ1) is 17.2. The van der Waals surface area contributed by atoms with Crippen molar-refractivity contribution >= 4 is 37.9 Å². The molecule has 0 unspecified atom stereocenters. The van der Waals surface area contributed by atoms with Gasteiger partial charge in [-0.05, 0) is 43.3 Å². The quantitative estimate of drug-likeness (QED) is 0.353. The van der Waals surface area contributed by atoms with Gasteiger partial charge in [-0.25, -0.2) is 22.2 Å². The zero-order valence-corrected chi connectivity index (χ0v) is 20.6. The van der Waals surface area contributed by atoms with E-state index in [1.807, 2.05) is 30.8 Å². The Morgan fingerprint density at radius 2 is 1.83 bits per heavy atom. The minimum absolute atomic E-state index is 0.152. The van der Waals surface area contributed by atoms with Gasteiger partial charge in [0.25, 0.3) is 10.0 Å². The fourth-order valence-electron chi connectivity index (χ4n) is 4.26. The molecule has 5 aromatic rings. The molecule has 0 saturated carbocycles. The van der Waals surface area contributed by atoms with Crippen molar-refractivity contribution in [2.24, 2.45) is 7.05 Å². The summed E-state index contributed by atoms with van der Waals surface area (Å²) in [6.45, 7) is 1.38. The highest BCUT2D eigenvalue weighted by molar-refractivity contribution is 7.90. The van der Waals surface area contributed by atoms with Crippen LogP contribution in [0, 0.1) is 6.92 Å². The van der Waals surface area contributed by atoms with Crippen LogP contribution in [0.3, 0.4) is 0 Å². The van der Waals surface area contributed by atoms with Crippen LogP contribution in [0.25, 0.3) is 33.2 Å². The molecule has 0 radical (unpaired) electrons. The molecule has 5 rings (SSSR count). The molecule has 0 aliphatic carbocycles. The lowest BCUT2D eigenvalue weighted by Crippen LogP contribution is -2.14. The van der Waals surface area contributed by atoms with Crippen molar-refractivity contribution in [2.45, 2.75) is 11.8 Å². The lowest BCUT2D eigenvalue weighted by atomic mass is 10.1. The van der Waals surface area contributed by atoms with Crippen LogP contribution in [0.2, 0.25) is 0 Å². The minimum atomic E-state index is -4.00. The monoisotopic (exact) mass is 505 g/mol. The number of carboxylic acid groups (broad SMARTS) is 1. The van der Waals surface area contributed by atoms with Crippen LogP contribution in [-0.2, 0) is 21.9 Å². The van der Waals surface area contributed by atoms with E-state index < -0.39 is 22.6 Å². The molecule has 3 aromatic heterocycles. The van der Waals surface area contributed by atoms with Crippen molar-refractivity contribution in [1.29, 1.82) is 0 Å². The maximum Gasteiger partial charge on any atom is 0.341 e. The summed E-state index contributed by atoms with van der Waals surface area (Å²) in [6.07, 6.45) is 3.38. The van der Waals surface area contributed by atoms with Crippen molar-refractivity contribution in [3.05, 3.63) is 72.6 Å². The number of carboxylic acids is 1. The van der Waals surface area contributed by atoms with E-state index in [4.69, 9.17) is 14.6 Å². The SMILES string of the molecule is COc1cc2c(-c3cc4cccnc4n3S(=O)(=O)c3ccc(C)cc3)cn(C)c2cc1OCC(=O)O. The molecule has 0 atom stereocenters. The molecule has 9 nitrogen and oxygen atoms in total. The normalized spacial score (nSPS) is 11.8. The lowest BCUT2D eigenvalue weighted by Gasteiger charge is -2.12. The number of pyridine rings is 1. The van der Waals surface area contributed by atoms with E-state index in [1.165, 1.54) is 11.1 Å². The highest BCUT2D eigenvalue weighted by atomic mass is 32.2. The Balaban J connectivity index is 1.78. The summed E-state index contributed by atoms with van der Waals surface area (Å²) >= 11 is 0. The number of hydrogen-bond acceptors (Lipinski definition) is 6. The Morgan fingerprint density at radius 3 is 2.53 bits per heavy atom. The molecule has 2 aromatic carbocycles. The van der Waals surface area contributed by atoms with Gasteiger partial charge in [0.05, 0.1) is 23.2 Å². The standard InChI is InChI=1S/C26H23N3O6S/c1-16-6-8-18(9-7-16)36(32,33)29-22(11-17-5-4-10-27-26(17)29)20-14-28(2)21-13-24(35-15-25(30)31)23(34-3)12-19(20)21/h4-14H,15H2,1-3H3,(H,30,31). The Hall–Kier alpha value is -4.31. The van der Waals surface area contributed by atoms with Gasteiger partial charge in [-0.15, -0.1) is 0 Å². The van der Waals surface area contributed by atoms with Crippen molar-refractivity contribution < 1.29 is 27.8 Å². The van der Waals surface area contributed by atoms with E-state index in [1.54, 1.807) is 54.7 Å². The topological polar surface area (TPSA) is 113 Å². The molecule has 10 heteroatoms. The van der Waals surface area contributed by atoms with Crippen LogP contribution in [0.5, 0.6) is 11.5 Å². The van der Waals surface area contributed by atoms with E-state index in [0.717, 1.165) is 5.56 Å². The van der Waals surface area contributed by atoms with Crippen molar-refractivity contribution in [3.63, 3.8) is 0 Å². The first-order valence-corrected chi connectivity index (χ1v) is 12.5. The molecule has 1 N–H and O–H groups in total. The number of nitrogens with zero attached hydrogens (tertiary/aromatic N) is 3. The summed E-state index contributed by atoms with van der Waals surface area (Å²) in [5.41, 5.74) is 3.06. The molecule has 0 amide bonds. The van der Waals surface area contributed by atoms with E-state index in [2.05, 4.69) is 4.98 Å². The predicted octanol–water partition coefficient (Wildman–Crippen LogP) is 4.21. The average molecular weight is 506 g/mol. The highest BCUT2D eigenvalue weighted by Gasteiger charge is 2.27. The third-order valence-corrected chi connectivity index (χ3v) is 7.70. The summed E-state index contributed by atoms with van der Waals surface area (Å²) < 4.78 is 41.8. The Bertz CT molecular complexity index is 1730. The molecule has 0 saturated heterocycles. The van der Waals surface area contributed by atoms with Crippen LogP contribution in [0.4, 0.5) is 0 Å². The summed E-state index contributed by atoms with van der Waals surface area (Å²) in [5.74, 6) is -0.504. The lowest BCUT2D eigenvalue weighted by molar-refractivity contribution is -0.139. The summed E-state index contributed by atoms with van der Waals surface area (Å²) in [5, 5.41) is 10.4. The van der Waals surface area contributed by atoms with Gasteiger partial charge in [0.1, 0.15) is 0 Å². The molecular formula is C26H23N3O6S. The Morgan fingerprint density at radius 1 is 1.08 bits per heavy atom. The number of benzene rings is 2. The van der Waals surface area contributed by atoms with E-state index in [9.17, 15) is 13.2 Å². The van der Waals surface area contributed by atoms with Gasteiger partial charge in [-0.3, -0.25) is 0 Å². The van der Waals surface area contributed by atoms with Crippen LogP contribution in [0.1, 0.15) is 5.56 Å². The summed E-state index contributed by atoms with van der Waals surface area (Å²) in [6, 6.07) is 15.5. The van der Waals surface area contributed by atoms with Gasteiger partial charge in [0.15, 0.2) is 23.8 Å². The number of fused-ring (bicyclic) bond motifs is 2. The third kappa shape index (κ3) is 3.85.